The number of fused-ring (bicyclic) bond motifs is 1. The molecule has 0 aromatic heterocycles. The zero-order valence-corrected chi connectivity index (χ0v) is 17.3. The van der Waals surface area contributed by atoms with E-state index in [-0.39, 0.29) is 17.1 Å². The molecule has 0 heterocycles. The van der Waals surface area contributed by atoms with Crippen molar-refractivity contribution in [3.05, 3.63) is 63.7 Å². The van der Waals surface area contributed by atoms with Crippen molar-refractivity contribution in [1.82, 2.24) is 0 Å². The van der Waals surface area contributed by atoms with E-state index in [1.807, 2.05) is 20.8 Å². The molecule has 0 spiro atoms. The summed E-state index contributed by atoms with van der Waals surface area (Å²) in [6.45, 7) is 7.48. The van der Waals surface area contributed by atoms with E-state index in [0.717, 1.165) is 5.56 Å². The van der Waals surface area contributed by atoms with E-state index >= 15 is 0 Å². The van der Waals surface area contributed by atoms with Crippen LogP contribution in [0.5, 0.6) is 5.75 Å². The van der Waals surface area contributed by atoms with Crippen LogP contribution in [0.3, 0.4) is 0 Å². The monoisotopic (exact) mass is 428 g/mol. The van der Waals surface area contributed by atoms with E-state index in [9.17, 15) is 19.5 Å². The Morgan fingerprint density at radius 2 is 1.70 bits per heavy atom. The maximum Gasteiger partial charge on any atom is 0.230 e. The molecular weight excluding hydrogens is 408 g/mol. The molecule has 2 aromatic carbocycles. The number of Topliss-reactive ketones (excluding diaryl/α,β-unsaturated/α-hetero) is 3. The van der Waals surface area contributed by atoms with Gasteiger partial charge in [0.1, 0.15) is 11.7 Å². The number of phenolic OH excluding ortho intramolecular Hbond substituents is 1. The third-order valence-electron chi connectivity index (χ3n) is 5.39. The summed E-state index contributed by atoms with van der Waals surface area (Å²) in [7, 11) is 0. The lowest BCUT2D eigenvalue weighted by molar-refractivity contribution is -0.115. The summed E-state index contributed by atoms with van der Waals surface area (Å²) in [4.78, 5) is 38.7. The van der Waals surface area contributed by atoms with Crippen molar-refractivity contribution >= 4 is 33.3 Å². The predicted octanol–water partition coefficient (Wildman–Crippen LogP) is 4.41. The number of halogens is 1. The summed E-state index contributed by atoms with van der Waals surface area (Å²) in [5, 5.41) is 10.8. The minimum atomic E-state index is -1.17. The highest BCUT2D eigenvalue weighted by Gasteiger charge is 2.42. The third-order valence-corrected chi connectivity index (χ3v) is 6.80. The predicted molar refractivity (Wildman–Crippen MR) is 107 cm³/mol. The van der Waals surface area contributed by atoms with Crippen molar-refractivity contribution in [2.75, 3.05) is 5.33 Å². The molecule has 1 atom stereocenters. The fourth-order valence-electron chi connectivity index (χ4n) is 3.49. The van der Waals surface area contributed by atoms with Crippen LogP contribution < -0.4 is 0 Å². The van der Waals surface area contributed by atoms with E-state index in [1.165, 1.54) is 6.07 Å². The topological polar surface area (TPSA) is 71.4 Å². The zero-order chi connectivity index (χ0) is 20.1. The summed E-state index contributed by atoms with van der Waals surface area (Å²) >= 11 is 3.43. The van der Waals surface area contributed by atoms with Crippen LogP contribution in [-0.2, 0) is 10.2 Å². The largest absolute Gasteiger partial charge is 0.508 e. The number of aryl methyl sites for hydroxylation is 1. The highest BCUT2D eigenvalue weighted by atomic mass is 79.9. The first kappa shape index (κ1) is 19.5. The van der Waals surface area contributed by atoms with Crippen LogP contribution in [0.2, 0.25) is 0 Å². The fourth-order valence-corrected chi connectivity index (χ4v) is 3.79. The molecular formula is C22H21BrO4. The van der Waals surface area contributed by atoms with Gasteiger partial charge in [0, 0.05) is 27.4 Å². The minimum Gasteiger partial charge on any atom is -0.508 e. The molecule has 0 aliphatic heterocycles. The number of benzene rings is 2. The molecule has 1 aliphatic carbocycles. The van der Waals surface area contributed by atoms with E-state index in [4.69, 9.17) is 0 Å². The molecule has 0 bridgehead atoms. The standard InChI is InChI=1S/C22H21BrO4/c1-11-5-7-14-17(12(11)2)20(26)21(27)18(19(14)25)13-6-8-16(24)15(9-13)22(3,4)10-23/h5-9,18,24H,10H2,1-4H3. The maximum absolute atomic E-state index is 13.1. The Hall–Kier alpha value is -2.27. The van der Waals surface area contributed by atoms with Crippen molar-refractivity contribution in [2.24, 2.45) is 0 Å². The Labute approximate surface area is 166 Å². The molecule has 0 fully saturated rings. The molecule has 3 rings (SSSR count). The van der Waals surface area contributed by atoms with Gasteiger partial charge in [0.15, 0.2) is 5.78 Å². The number of phenols is 1. The van der Waals surface area contributed by atoms with Crippen LogP contribution in [0.15, 0.2) is 30.3 Å². The van der Waals surface area contributed by atoms with Gasteiger partial charge in [0.2, 0.25) is 11.6 Å². The average Bonchev–Trinajstić information content (AvgIpc) is 2.63. The number of alkyl halides is 1. The van der Waals surface area contributed by atoms with E-state index in [2.05, 4.69) is 15.9 Å². The number of rotatable bonds is 3. The van der Waals surface area contributed by atoms with E-state index in [1.54, 1.807) is 31.2 Å². The second kappa shape index (κ2) is 6.71. The lowest BCUT2D eigenvalue weighted by Crippen LogP contribution is -2.36. The number of carbonyl (C=O) groups is 3. The van der Waals surface area contributed by atoms with E-state index in [0.29, 0.717) is 27.6 Å². The molecule has 140 valence electrons. The molecule has 1 N–H and O–H groups in total. The van der Waals surface area contributed by atoms with Crippen molar-refractivity contribution in [1.29, 1.82) is 0 Å². The first-order valence-corrected chi connectivity index (χ1v) is 9.84. The van der Waals surface area contributed by atoms with Gasteiger partial charge in [-0.05, 0) is 36.6 Å². The van der Waals surface area contributed by atoms with Gasteiger partial charge in [-0.15, -0.1) is 0 Å². The second-order valence-electron chi connectivity index (χ2n) is 7.71. The Morgan fingerprint density at radius 1 is 1.04 bits per heavy atom. The molecule has 27 heavy (non-hydrogen) atoms. The van der Waals surface area contributed by atoms with Gasteiger partial charge in [0.25, 0.3) is 0 Å². The summed E-state index contributed by atoms with van der Waals surface area (Å²) in [6.07, 6.45) is 0. The maximum atomic E-state index is 13.1. The fraction of sp³-hybridized carbons (Fsp3) is 0.318. The molecule has 0 saturated heterocycles. The van der Waals surface area contributed by atoms with Crippen LogP contribution >= 0.6 is 15.9 Å². The van der Waals surface area contributed by atoms with Crippen molar-refractivity contribution in [3.8, 4) is 5.75 Å². The van der Waals surface area contributed by atoms with Crippen molar-refractivity contribution in [3.63, 3.8) is 0 Å². The smallest absolute Gasteiger partial charge is 0.230 e. The highest BCUT2D eigenvalue weighted by Crippen LogP contribution is 2.38. The van der Waals surface area contributed by atoms with Gasteiger partial charge in [-0.1, -0.05) is 54.0 Å². The molecule has 2 aromatic rings. The Balaban J connectivity index is 2.18. The molecule has 0 saturated carbocycles. The van der Waals surface area contributed by atoms with Gasteiger partial charge < -0.3 is 5.11 Å². The first-order chi connectivity index (χ1) is 12.6. The Kier molecular flexibility index (Phi) is 4.85. The molecule has 5 heteroatoms. The summed E-state index contributed by atoms with van der Waals surface area (Å²) in [6, 6.07) is 8.11. The Bertz CT molecular complexity index is 988. The van der Waals surface area contributed by atoms with Crippen molar-refractivity contribution in [2.45, 2.75) is 39.0 Å². The second-order valence-corrected chi connectivity index (χ2v) is 8.28. The lowest BCUT2D eigenvalue weighted by Gasteiger charge is -2.27. The van der Waals surface area contributed by atoms with Gasteiger partial charge in [0.05, 0.1) is 0 Å². The van der Waals surface area contributed by atoms with Crippen LogP contribution in [0.25, 0.3) is 0 Å². The number of hydrogen-bond acceptors (Lipinski definition) is 4. The molecule has 1 unspecified atom stereocenters. The quantitative estimate of drug-likeness (QED) is 0.446. The third kappa shape index (κ3) is 3.04. The summed E-state index contributed by atoms with van der Waals surface area (Å²) in [5.74, 6) is -2.78. The Morgan fingerprint density at radius 3 is 2.33 bits per heavy atom. The SMILES string of the molecule is Cc1ccc2c(c1C)C(=O)C(=O)C(c1ccc(O)c(C(C)(C)CBr)c1)C2=O. The first-order valence-electron chi connectivity index (χ1n) is 8.72. The molecule has 1 aliphatic rings. The molecule has 0 amide bonds. The van der Waals surface area contributed by atoms with E-state index < -0.39 is 22.9 Å². The normalized spacial score (nSPS) is 17.2. The molecule has 0 radical (unpaired) electrons. The summed E-state index contributed by atoms with van der Waals surface area (Å²) in [5.41, 5.74) is 2.70. The minimum absolute atomic E-state index is 0.0945. The lowest BCUT2D eigenvalue weighted by atomic mass is 9.74. The average molecular weight is 429 g/mol. The van der Waals surface area contributed by atoms with Gasteiger partial charge in [-0.3, -0.25) is 14.4 Å². The molecule has 4 nitrogen and oxygen atoms in total. The van der Waals surface area contributed by atoms with Gasteiger partial charge in [-0.25, -0.2) is 0 Å². The van der Waals surface area contributed by atoms with Crippen LogP contribution in [0.1, 0.15) is 62.7 Å². The van der Waals surface area contributed by atoms with Crippen LogP contribution in [0.4, 0.5) is 0 Å². The highest BCUT2D eigenvalue weighted by molar-refractivity contribution is 9.09. The number of carbonyl (C=O) groups excluding carboxylic acids is 3. The number of ketones is 3. The summed E-state index contributed by atoms with van der Waals surface area (Å²) < 4.78 is 0. The van der Waals surface area contributed by atoms with Gasteiger partial charge >= 0.3 is 0 Å². The van der Waals surface area contributed by atoms with Crippen LogP contribution in [-0.4, -0.2) is 27.8 Å². The zero-order valence-electron chi connectivity index (χ0n) is 15.7. The van der Waals surface area contributed by atoms with Crippen molar-refractivity contribution < 1.29 is 19.5 Å². The van der Waals surface area contributed by atoms with Gasteiger partial charge in [-0.2, -0.15) is 0 Å². The van der Waals surface area contributed by atoms with Crippen LogP contribution in [0, 0.1) is 13.8 Å². The number of aromatic hydroxyl groups is 1. The number of hydrogen-bond donors (Lipinski definition) is 1.